The minimum absolute atomic E-state index is 0.0220. The smallest absolute Gasteiger partial charge is 0.435 e. The van der Waals surface area contributed by atoms with Crippen molar-refractivity contribution in [1.82, 2.24) is 0 Å². The van der Waals surface area contributed by atoms with Gasteiger partial charge in [-0.3, -0.25) is 4.79 Å². The fourth-order valence-corrected chi connectivity index (χ4v) is 0.641. The Morgan fingerprint density at radius 3 is 2.45 bits per heavy atom. The molecule has 0 N–H and O–H groups in total. The Morgan fingerprint density at radius 2 is 2.00 bits per heavy atom. The highest BCUT2D eigenvalue weighted by Crippen LogP contribution is 2.01. The van der Waals surface area contributed by atoms with Crippen molar-refractivity contribution >= 4 is 23.0 Å². The molecule has 0 spiro atoms. The zero-order valence-corrected chi connectivity index (χ0v) is 7.27. The Bertz CT molecular complexity index is 146. The molecule has 0 aromatic heterocycles. The number of carbonyl (C=O) groups excluding carboxylic acids is 2. The summed E-state index contributed by atoms with van der Waals surface area (Å²) < 4.78 is 8.91. The molecule has 0 bridgehead atoms. The van der Waals surface area contributed by atoms with Crippen molar-refractivity contribution in [2.75, 3.05) is 12.5 Å². The van der Waals surface area contributed by atoms with Gasteiger partial charge >= 0.3 is 6.16 Å². The Kier molecular flexibility index (Phi) is 5.64. The van der Waals surface area contributed by atoms with E-state index in [1.165, 1.54) is 6.92 Å². The molecule has 0 heterocycles. The summed E-state index contributed by atoms with van der Waals surface area (Å²) in [6, 6.07) is 0. The van der Waals surface area contributed by atoms with E-state index in [1.54, 1.807) is 6.92 Å². The average Bonchev–Trinajstić information content (AvgIpc) is 1.87. The van der Waals surface area contributed by atoms with Gasteiger partial charge in [0.1, 0.15) is 5.94 Å². The van der Waals surface area contributed by atoms with E-state index in [4.69, 9.17) is 0 Å². The molecule has 0 aromatic carbocycles. The van der Waals surface area contributed by atoms with Gasteiger partial charge in [-0.1, -0.05) is 0 Å². The van der Waals surface area contributed by atoms with Crippen LogP contribution in [0.15, 0.2) is 0 Å². The van der Waals surface area contributed by atoms with E-state index in [9.17, 15) is 9.59 Å². The summed E-state index contributed by atoms with van der Waals surface area (Å²) in [7, 11) is 0. The Balaban J connectivity index is 3.24. The fraction of sp³-hybridized carbons (Fsp3) is 0.667. The first-order valence-electron chi connectivity index (χ1n) is 3.09. The third kappa shape index (κ3) is 7.18. The third-order valence-electron chi connectivity index (χ3n) is 0.701. The lowest BCUT2D eigenvalue weighted by atomic mass is 10.9. The van der Waals surface area contributed by atoms with Crippen molar-refractivity contribution in [3.63, 3.8) is 0 Å². The highest BCUT2D eigenvalue weighted by molar-refractivity contribution is 8.13. The molecular formula is C6H10O4S. The van der Waals surface area contributed by atoms with Gasteiger partial charge in [0.2, 0.25) is 0 Å². The van der Waals surface area contributed by atoms with Crippen LogP contribution in [-0.2, 0) is 14.3 Å². The van der Waals surface area contributed by atoms with Gasteiger partial charge in [-0.25, -0.2) is 4.79 Å². The predicted molar refractivity (Wildman–Crippen MR) is 41.2 cm³/mol. The van der Waals surface area contributed by atoms with E-state index >= 15 is 0 Å². The normalized spacial score (nSPS) is 8.91. The second-order valence-electron chi connectivity index (χ2n) is 1.58. The maximum atomic E-state index is 10.5. The van der Waals surface area contributed by atoms with Crippen LogP contribution in [0.4, 0.5) is 4.79 Å². The monoisotopic (exact) mass is 178 g/mol. The summed E-state index contributed by atoms with van der Waals surface area (Å²) in [5.41, 5.74) is 0. The molecule has 0 saturated heterocycles. The summed E-state index contributed by atoms with van der Waals surface area (Å²) in [5.74, 6) is 0.0220. The molecule has 0 radical (unpaired) electrons. The predicted octanol–water partition coefficient (Wildman–Crippen LogP) is 1.40. The van der Waals surface area contributed by atoms with Crippen molar-refractivity contribution in [2.45, 2.75) is 13.8 Å². The fourth-order valence-electron chi connectivity index (χ4n) is 0.320. The topological polar surface area (TPSA) is 52.6 Å². The Hall–Kier alpha value is -0.710. The molecule has 5 heteroatoms. The van der Waals surface area contributed by atoms with E-state index in [2.05, 4.69) is 9.47 Å². The lowest BCUT2D eigenvalue weighted by Gasteiger charge is -2.01. The van der Waals surface area contributed by atoms with E-state index in [0.29, 0.717) is 0 Å². The summed E-state index contributed by atoms with van der Waals surface area (Å²) in [5, 5.41) is -0.0886. The first-order valence-corrected chi connectivity index (χ1v) is 4.08. The van der Waals surface area contributed by atoms with E-state index in [-0.39, 0.29) is 17.7 Å². The largest absolute Gasteiger partial charge is 0.509 e. The van der Waals surface area contributed by atoms with Crippen LogP contribution in [0.25, 0.3) is 0 Å². The molecule has 0 aliphatic carbocycles. The number of ether oxygens (including phenoxy) is 2. The summed E-state index contributed by atoms with van der Waals surface area (Å²) in [6.45, 7) is 3.36. The lowest BCUT2D eigenvalue weighted by molar-refractivity contribution is -0.109. The van der Waals surface area contributed by atoms with Crippen LogP contribution < -0.4 is 0 Å². The first-order chi connectivity index (χ1) is 5.16. The molecule has 0 atom stereocenters. The van der Waals surface area contributed by atoms with Gasteiger partial charge < -0.3 is 9.47 Å². The quantitative estimate of drug-likeness (QED) is 0.483. The van der Waals surface area contributed by atoms with E-state index in [0.717, 1.165) is 11.8 Å². The van der Waals surface area contributed by atoms with Gasteiger partial charge in [0.05, 0.1) is 6.61 Å². The van der Waals surface area contributed by atoms with Gasteiger partial charge in [0, 0.05) is 6.92 Å². The van der Waals surface area contributed by atoms with Gasteiger partial charge in [-0.05, 0) is 18.7 Å². The van der Waals surface area contributed by atoms with Crippen LogP contribution in [0.3, 0.4) is 0 Å². The second-order valence-corrected chi connectivity index (χ2v) is 2.68. The summed E-state index contributed by atoms with van der Waals surface area (Å²) in [6.07, 6.45) is -0.735. The first kappa shape index (κ1) is 10.3. The molecule has 11 heavy (non-hydrogen) atoms. The number of hydrogen-bond acceptors (Lipinski definition) is 5. The maximum absolute atomic E-state index is 10.5. The molecule has 0 unspecified atom stereocenters. The Morgan fingerprint density at radius 1 is 1.36 bits per heavy atom. The standard InChI is InChI=1S/C6H10O4S/c1-3-9-6(8)10-4-11-5(2)7/h3-4H2,1-2H3. The van der Waals surface area contributed by atoms with Crippen molar-refractivity contribution in [3.05, 3.63) is 0 Å². The van der Waals surface area contributed by atoms with Crippen LogP contribution in [0.5, 0.6) is 0 Å². The second kappa shape index (κ2) is 6.03. The van der Waals surface area contributed by atoms with E-state index in [1.807, 2.05) is 0 Å². The van der Waals surface area contributed by atoms with Crippen molar-refractivity contribution in [1.29, 1.82) is 0 Å². The van der Waals surface area contributed by atoms with Crippen molar-refractivity contribution in [3.8, 4) is 0 Å². The molecule has 4 nitrogen and oxygen atoms in total. The van der Waals surface area contributed by atoms with Crippen molar-refractivity contribution < 1.29 is 19.1 Å². The van der Waals surface area contributed by atoms with Gasteiger partial charge in [0.15, 0.2) is 5.12 Å². The SMILES string of the molecule is CCOC(=O)OCSC(C)=O. The van der Waals surface area contributed by atoms with Crippen LogP contribution in [0.2, 0.25) is 0 Å². The van der Waals surface area contributed by atoms with Gasteiger partial charge in [0.25, 0.3) is 0 Å². The summed E-state index contributed by atoms with van der Waals surface area (Å²) in [4.78, 5) is 20.8. The van der Waals surface area contributed by atoms with Crippen LogP contribution >= 0.6 is 11.8 Å². The zero-order chi connectivity index (χ0) is 8.69. The molecule has 0 amide bonds. The van der Waals surface area contributed by atoms with E-state index < -0.39 is 6.16 Å². The molecule has 0 aliphatic rings. The maximum Gasteiger partial charge on any atom is 0.509 e. The van der Waals surface area contributed by atoms with Crippen LogP contribution in [-0.4, -0.2) is 23.8 Å². The molecule has 0 rings (SSSR count). The number of thioether (sulfide) groups is 1. The molecule has 64 valence electrons. The van der Waals surface area contributed by atoms with Gasteiger partial charge in [-0.2, -0.15) is 0 Å². The minimum Gasteiger partial charge on any atom is -0.435 e. The Labute approximate surface area is 69.2 Å². The molecule has 0 aromatic rings. The molecular weight excluding hydrogens is 168 g/mol. The molecule has 0 fully saturated rings. The van der Waals surface area contributed by atoms with Crippen molar-refractivity contribution in [2.24, 2.45) is 0 Å². The average molecular weight is 178 g/mol. The van der Waals surface area contributed by atoms with Crippen LogP contribution in [0, 0.1) is 0 Å². The third-order valence-corrected chi connectivity index (χ3v) is 1.34. The lowest BCUT2D eigenvalue weighted by Crippen LogP contribution is -2.06. The summed E-state index contributed by atoms with van der Waals surface area (Å²) >= 11 is 0.923. The molecule has 0 aliphatic heterocycles. The highest BCUT2D eigenvalue weighted by atomic mass is 32.2. The highest BCUT2D eigenvalue weighted by Gasteiger charge is 2.02. The number of hydrogen-bond donors (Lipinski definition) is 0. The number of carbonyl (C=O) groups is 2. The number of rotatable bonds is 3. The molecule has 0 saturated carbocycles. The zero-order valence-electron chi connectivity index (χ0n) is 6.46. The van der Waals surface area contributed by atoms with Crippen LogP contribution in [0.1, 0.15) is 13.8 Å². The van der Waals surface area contributed by atoms with Gasteiger partial charge in [-0.15, -0.1) is 0 Å². The minimum atomic E-state index is -0.735.